The number of H-pyrrole nitrogens is 3. The lowest BCUT2D eigenvalue weighted by Gasteiger charge is -2.06. The quantitative estimate of drug-likeness (QED) is 0.455. The molecule has 0 saturated heterocycles. The van der Waals surface area contributed by atoms with Gasteiger partial charge in [0.1, 0.15) is 5.82 Å². The van der Waals surface area contributed by atoms with Crippen LogP contribution in [0, 0.1) is 5.82 Å². The summed E-state index contributed by atoms with van der Waals surface area (Å²) in [5, 5.41) is 9.67. The van der Waals surface area contributed by atoms with Crippen molar-refractivity contribution in [3.05, 3.63) is 58.4 Å². The van der Waals surface area contributed by atoms with Crippen molar-refractivity contribution in [2.75, 3.05) is 5.32 Å². The minimum absolute atomic E-state index is 0.177. The second kappa shape index (κ2) is 4.80. The van der Waals surface area contributed by atoms with Crippen LogP contribution in [0.2, 0.25) is 0 Å². The number of rotatable bonds is 2. The highest BCUT2D eigenvalue weighted by Gasteiger charge is 2.14. The zero-order valence-electron chi connectivity index (χ0n) is 11.6. The van der Waals surface area contributed by atoms with Crippen molar-refractivity contribution in [3.8, 4) is 0 Å². The number of fused-ring (bicyclic) bond motifs is 2. The molecule has 2 aromatic carbocycles. The van der Waals surface area contributed by atoms with Crippen molar-refractivity contribution < 1.29 is 9.18 Å². The van der Waals surface area contributed by atoms with Crippen LogP contribution in [0.4, 0.5) is 10.1 Å². The number of anilines is 1. The fraction of sp³-hybridized carbons (Fsp3) is 0. The van der Waals surface area contributed by atoms with E-state index < -0.39 is 11.7 Å². The Morgan fingerprint density at radius 3 is 2.78 bits per heavy atom. The Hall–Kier alpha value is -3.42. The summed E-state index contributed by atoms with van der Waals surface area (Å²) < 4.78 is 13.6. The SMILES string of the molecule is O=C(Nc1ccc2[nH]c(=O)[nH]c2c1)c1cc(F)cc2[nH]ncc12. The van der Waals surface area contributed by atoms with Gasteiger partial charge in [-0.2, -0.15) is 5.10 Å². The van der Waals surface area contributed by atoms with E-state index >= 15 is 0 Å². The molecule has 7 nitrogen and oxygen atoms in total. The normalized spacial score (nSPS) is 11.2. The number of amides is 1. The summed E-state index contributed by atoms with van der Waals surface area (Å²) in [5.41, 5.74) is 1.99. The number of imidazole rings is 1. The molecule has 0 spiro atoms. The van der Waals surface area contributed by atoms with E-state index in [-0.39, 0.29) is 11.3 Å². The fourth-order valence-electron chi connectivity index (χ4n) is 2.51. The Balaban J connectivity index is 1.72. The maximum Gasteiger partial charge on any atom is 0.323 e. The van der Waals surface area contributed by atoms with Gasteiger partial charge >= 0.3 is 5.69 Å². The molecule has 114 valence electrons. The lowest BCUT2D eigenvalue weighted by molar-refractivity contribution is 0.102. The number of nitrogens with zero attached hydrogens (tertiary/aromatic N) is 1. The Morgan fingerprint density at radius 1 is 1.09 bits per heavy atom. The zero-order chi connectivity index (χ0) is 16.0. The van der Waals surface area contributed by atoms with E-state index in [9.17, 15) is 14.0 Å². The van der Waals surface area contributed by atoms with Crippen molar-refractivity contribution in [1.82, 2.24) is 20.2 Å². The minimum Gasteiger partial charge on any atom is -0.322 e. The van der Waals surface area contributed by atoms with Crippen LogP contribution >= 0.6 is 0 Å². The van der Waals surface area contributed by atoms with Gasteiger partial charge in [0.15, 0.2) is 0 Å². The zero-order valence-corrected chi connectivity index (χ0v) is 11.6. The predicted molar refractivity (Wildman–Crippen MR) is 82.9 cm³/mol. The minimum atomic E-state index is -0.530. The molecule has 2 aromatic heterocycles. The molecule has 0 aliphatic carbocycles. The molecule has 0 unspecified atom stereocenters. The monoisotopic (exact) mass is 311 g/mol. The number of hydrogen-bond acceptors (Lipinski definition) is 3. The Kier molecular flexibility index (Phi) is 2.77. The number of hydrogen-bond donors (Lipinski definition) is 4. The summed E-state index contributed by atoms with van der Waals surface area (Å²) in [6.45, 7) is 0. The Morgan fingerprint density at radius 2 is 1.91 bits per heavy atom. The average molecular weight is 311 g/mol. The molecule has 4 N–H and O–H groups in total. The summed E-state index contributed by atoms with van der Waals surface area (Å²) in [4.78, 5) is 28.9. The average Bonchev–Trinajstić information content (AvgIpc) is 3.10. The first-order chi connectivity index (χ1) is 11.1. The van der Waals surface area contributed by atoms with Crippen LogP contribution in [0.25, 0.3) is 21.9 Å². The number of benzene rings is 2. The van der Waals surface area contributed by atoms with Crippen LogP contribution in [-0.4, -0.2) is 26.1 Å². The topological polar surface area (TPSA) is 106 Å². The van der Waals surface area contributed by atoms with Gasteiger partial charge < -0.3 is 15.3 Å². The standard InChI is InChI=1S/C15H10FN5O2/c16-7-3-9(10-6-17-21-12(10)4-7)14(22)18-8-1-2-11-13(5-8)20-15(23)19-11/h1-6H,(H,17,21)(H,18,22)(H2,19,20,23). The molecule has 0 aliphatic heterocycles. The third-order valence-corrected chi connectivity index (χ3v) is 3.54. The van der Waals surface area contributed by atoms with Crippen molar-refractivity contribution in [3.63, 3.8) is 0 Å². The number of carbonyl (C=O) groups is 1. The molecule has 1 amide bonds. The molecule has 0 radical (unpaired) electrons. The smallest absolute Gasteiger partial charge is 0.322 e. The molecule has 4 aromatic rings. The number of halogens is 1. The van der Waals surface area contributed by atoms with Crippen LogP contribution in [0.5, 0.6) is 0 Å². The van der Waals surface area contributed by atoms with Crippen molar-refractivity contribution >= 4 is 33.5 Å². The van der Waals surface area contributed by atoms with Gasteiger partial charge in [-0.25, -0.2) is 9.18 Å². The van der Waals surface area contributed by atoms with E-state index in [1.165, 1.54) is 12.3 Å². The summed E-state index contributed by atoms with van der Waals surface area (Å²) in [7, 11) is 0. The first kappa shape index (κ1) is 13.3. The summed E-state index contributed by atoms with van der Waals surface area (Å²) in [5.74, 6) is -0.995. The summed E-state index contributed by atoms with van der Waals surface area (Å²) in [6, 6.07) is 7.37. The lowest BCUT2D eigenvalue weighted by Crippen LogP contribution is -2.12. The van der Waals surface area contributed by atoms with Crippen molar-refractivity contribution in [2.45, 2.75) is 0 Å². The van der Waals surface area contributed by atoms with E-state index in [1.807, 2.05) is 0 Å². The second-order valence-electron chi connectivity index (χ2n) is 5.08. The molecule has 4 rings (SSSR count). The van der Waals surface area contributed by atoms with Crippen molar-refractivity contribution in [2.24, 2.45) is 0 Å². The highest BCUT2D eigenvalue weighted by atomic mass is 19.1. The molecule has 0 saturated carbocycles. The first-order valence-electron chi connectivity index (χ1n) is 6.76. The van der Waals surface area contributed by atoms with Crippen LogP contribution in [0.1, 0.15) is 10.4 Å². The molecule has 8 heteroatoms. The molecule has 0 bridgehead atoms. The Bertz CT molecular complexity index is 1110. The fourth-order valence-corrected chi connectivity index (χ4v) is 2.51. The van der Waals surface area contributed by atoms with E-state index in [4.69, 9.17) is 0 Å². The van der Waals surface area contributed by atoms with Crippen LogP contribution < -0.4 is 11.0 Å². The van der Waals surface area contributed by atoms with Gasteiger partial charge in [-0.1, -0.05) is 0 Å². The highest BCUT2D eigenvalue weighted by molar-refractivity contribution is 6.12. The lowest BCUT2D eigenvalue weighted by atomic mass is 10.1. The van der Waals surface area contributed by atoms with Crippen LogP contribution in [0.15, 0.2) is 41.3 Å². The highest BCUT2D eigenvalue weighted by Crippen LogP contribution is 2.21. The largest absolute Gasteiger partial charge is 0.323 e. The third-order valence-electron chi connectivity index (χ3n) is 3.54. The number of nitrogens with one attached hydrogen (secondary N) is 4. The second-order valence-corrected chi connectivity index (χ2v) is 5.08. The van der Waals surface area contributed by atoms with Gasteiger partial charge in [0.2, 0.25) is 0 Å². The van der Waals surface area contributed by atoms with Gasteiger partial charge in [-0.15, -0.1) is 0 Å². The van der Waals surface area contributed by atoms with Gasteiger partial charge in [-0.3, -0.25) is 9.89 Å². The molecule has 23 heavy (non-hydrogen) atoms. The van der Waals surface area contributed by atoms with Gasteiger partial charge in [0, 0.05) is 11.1 Å². The first-order valence-corrected chi connectivity index (χ1v) is 6.76. The predicted octanol–water partition coefficient (Wildman–Crippen LogP) is 2.12. The number of aromatic nitrogens is 4. The van der Waals surface area contributed by atoms with E-state index in [2.05, 4.69) is 25.5 Å². The van der Waals surface area contributed by atoms with Gasteiger partial charge in [0.05, 0.1) is 28.3 Å². The van der Waals surface area contributed by atoms with E-state index in [0.717, 1.165) is 6.07 Å². The van der Waals surface area contributed by atoms with Crippen LogP contribution in [0.3, 0.4) is 0 Å². The number of aromatic amines is 3. The molecule has 0 fully saturated rings. The van der Waals surface area contributed by atoms with E-state index in [1.54, 1.807) is 18.2 Å². The number of carbonyl (C=O) groups excluding carboxylic acids is 1. The Labute approximate surface area is 127 Å². The van der Waals surface area contributed by atoms with Gasteiger partial charge in [-0.05, 0) is 30.3 Å². The summed E-state index contributed by atoms with van der Waals surface area (Å²) in [6.07, 6.45) is 1.47. The third kappa shape index (κ3) is 2.26. The maximum atomic E-state index is 13.6. The van der Waals surface area contributed by atoms with Crippen molar-refractivity contribution in [1.29, 1.82) is 0 Å². The molecule has 2 heterocycles. The molecular formula is C15H10FN5O2. The maximum absolute atomic E-state index is 13.6. The summed E-state index contributed by atoms with van der Waals surface area (Å²) >= 11 is 0. The van der Waals surface area contributed by atoms with Gasteiger partial charge in [0.25, 0.3) is 5.91 Å². The molecular weight excluding hydrogens is 301 g/mol. The molecule has 0 aliphatic rings. The molecule has 0 atom stereocenters. The van der Waals surface area contributed by atoms with Crippen LogP contribution in [-0.2, 0) is 0 Å². The van der Waals surface area contributed by atoms with E-state index in [0.29, 0.717) is 27.6 Å².